The van der Waals surface area contributed by atoms with E-state index in [0.717, 1.165) is 22.2 Å². The fraction of sp³-hybridized carbons (Fsp3) is 0.222. The summed E-state index contributed by atoms with van der Waals surface area (Å²) in [5.41, 5.74) is 1.91. The van der Waals surface area contributed by atoms with E-state index in [4.69, 9.17) is 4.74 Å². The van der Waals surface area contributed by atoms with Crippen LogP contribution in [0.2, 0.25) is 0 Å². The van der Waals surface area contributed by atoms with Gasteiger partial charge in [0, 0.05) is 11.6 Å². The van der Waals surface area contributed by atoms with Crippen LogP contribution in [0.5, 0.6) is 5.75 Å². The second-order valence-corrected chi connectivity index (χ2v) is 5.22. The van der Waals surface area contributed by atoms with Crippen molar-refractivity contribution < 1.29 is 14.9 Å². The first-order valence-electron chi connectivity index (χ1n) is 7.23. The van der Waals surface area contributed by atoms with Crippen LogP contribution in [0.3, 0.4) is 0 Å². The zero-order valence-corrected chi connectivity index (χ0v) is 12.4. The van der Waals surface area contributed by atoms with E-state index in [1.54, 1.807) is 7.11 Å². The van der Waals surface area contributed by atoms with Gasteiger partial charge in [-0.05, 0) is 23.8 Å². The molecular weight excluding hydrogens is 278 g/mol. The van der Waals surface area contributed by atoms with Crippen LogP contribution in [0, 0.1) is 0 Å². The fourth-order valence-corrected chi connectivity index (χ4v) is 2.90. The monoisotopic (exact) mass is 297 g/mol. The van der Waals surface area contributed by atoms with E-state index in [0.29, 0.717) is 0 Å². The third kappa shape index (κ3) is 2.47. The average molecular weight is 297 g/mol. The quantitative estimate of drug-likeness (QED) is 0.761. The molecule has 2 N–H and O–H groups in total. The van der Waals surface area contributed by atoms with Crippen molar-refractivity contribution in [3.63, 3.8) is 0 Å². The number of hydrogen-bond acceptors (Lipinski definition) is 3. The maximum atomic E-state index is 10.3. The van der Waals surface area contributed by atoms with Crippen LogP contribution in [0.1, 0.15) is 11.6 Å². The van der Waals surface area contributed by atoms with Crippen LogP contribution in [-0.2, 0) is 0 Å². The van der Waals surface area contributed by atoms with Gasteiger partial charge in [-0.25, -0.2) is 0 Å². The van der Waals surface area contributed by atoms with Gasteiger partial charge >= 0.3 is 0 Å². The largest absolute Gasteiger partial charge is 0.496 e. The fourth-order valence-electron chi connectivity index (χ4n) is 2.90. The normalized spacial score (nSPS) is 14.0. The molecule has 0 spiro atoms. The molecule has 4 nitrogen and oxygen atoms in total. The molecule has 1 aromatic heterocycles. The van der Waals surface area contributed by atoms with Crippen molar-refractivity contribution in [1.29, 1.82) is 0 Å². The lowest BCUT2D eigenvalue weighted by Crippen LogP contribution is -2.27. The Balaban J connectivity index is 2.17. The molecule has 0 unspecified atom stereocenters. The first kappa shape index (κ1) is 14.6. The number of ether oxygens (including phenoxy) is 1. The number of hydrogen-bond donors (Lipinski definition) is 2. The maximum Gasteiger partial charge on any atom is 0.128 e. The van der Waals surface area contributed by atoms with Gasteiger partial charge in [-0.1, -0.05) is 36.4 Å². The van der Waals surface area contributed by atoms with E-state index in [1.165, 1.54) is 0 Å². The van der Waals surface area contributed by atoms with Crippen molar-refractivity contribution in [3.8, 4) is 5.75 Å². The zero-order valence-electron chi connectivity index (χ0n) is 12.4. The van der Waals surface area contributed by atoms with Crippen molar-refractivity contribution in [2.75, 3.05) is 13.7 Å². The van der Waals surface area contributed by atoms with Gasteiger partial charge in [0.15, 0.2) is 0 Å². The van der Waals surface area contributed by atoms with Crippen molar-refractivity contribution >= 4 is 10.9 Å². The van der Waals surface area contributed by atoms with Gasteiger partial charge in [0.25, 0.3) is 0 Å². The summed E-state index contributed by atoms with van der Waals surface area (Å²) in [5, 5.41) is 20.8. The van der Waals surface area contributed by atoms with E-state index in [2.05, 4.69) is 0 Å². The number of aliphatic hydroxyl groups excluding tert-OH is 2. The second-order valence-electron chi connectivity index (χ2n) is 5.22. The third-order valence-corrected chi connectivity index (χ3v) is 3.94. The van der Waals surface area contributed by atoms with E-state index in [9.17, 15) is 10.2 Å². The summed E-state index contributed by atoms with van der Waals surface area (Å²) in [6.07, 6.45) is 1.04. The van der Waals surface area contributed by atoms with Gasteiger partial charge in [0.05, 0.1) is 25.3 Å². The molecule has 0 saturated carbocycles. The van der Waals surface area contributed by atoms with Crippen molar-refractivity contribution in [2.24, 2.45) is 0 Å². The Labute approximate surface area is 129 Å². The summed E-state index contributed by atoms with van der Waals surface area (Å²) >= 11 is 0. The Morgan fingerprint density at radius 3 is 2.50 bits per heavy atom. The lowest BCUT2D eigenvalue weighted by atomic mass is 10.0. The van der Waals surface area contributed by atoms with Crippen molar-refractivity contribution in [3.05, 3.63) is 66.4 Å². The minimum atomic E-state index is -0.885. The second kappa shape index (κ2) is 6.22. The molecule has 1 heterocycles. The number of aromatic nitrogens is 1. The molecule has 2 aromatic carbocycles. The molecular formula is C18H19NO3. The number of methoxy groups -OCH3 is 1. The number of rotatable bonds is 5. The minimum absolute atomic E-state index is 0.302. The predicted octanol–water partition coefficient (Wildman–Crippen LogP) is 2.59. The molecule has 114 valence electrons. The highest BCUT2D eigenvalue weighted by atomic mass is 16.5. The molecule has 0 saturated heterocycles. The van der Waals surface area contributed by atoms with Gasteiger partial charge in [-0.15, -0.1) is 0 Å². The van der Waals surface area contributed by atoms with E-state index in [-0.39, 0.29) is 12.6 Å². The molecule has 0 radical (unpaired) electrons. The lowest BCUT2D eigenvalue weighted by molar-refractivity contribution is 0.0654. The standard InChI is InChI=1S/C18H19NO3/c1-22-17-9-5-8-15-14(17)10-11-19(15)18(16(21)12-20)13-6-3-2-4-7-13/h2-11,16,18,20-21H,12H2,1H3/t16-,18+/m1/s1. The highest BCUT2D eigenvalue weighted by molar-refractivity contribution is 5.86. The smallest absolute Gasteiger partial charge is 0.128 e. The predicted molar refractivity (Wildman–Crippen MR) is 86.2 cm³/mol. The molecule has 0 aliphatic rings. The summed E-state index contributed by atoms with van der Waals surface area (Å²) in [7, 11) is 1.64. The van der Waals surface area contributed by atoms with Crippen LogP contribution in [0.4, 0.5) is 0 Å². The van der Waals surface area contributed by atoms with E-state index < -0.39 is 6.10 Å². The molecule has 0 aliphatic carbocycles. The van der Waals surface area contributed by atoms with Gasteiger partial charge in [0.2, 0.25) is 0 Å². The SMILES string of the molecule is COc1cccc2c1ccn2[C@@H](c1ccccc1)[C@H](O)CO. The lowest BCUT2D eigenvalue weighted by Gasteiger charge is -2.25. The van der Waals surface area contributed by atoms with Crippen LogP contribution >= 0.6 is 0 Å². The number of aliphatic hydroxyl groups is 2. The van der Waals surface area contributed by atoms with Gasteiger partial charge < -0.3 is 19.5 Å². The Bertz CT molecular complexity index is 751. The van der Waals surface area contributed by atoms with Crippen LogP contribution in [0.25, 0.3) is 10.9 Å². The van der Waals surface area contributed by atoms with E-state index in [1.807, 2.05) is 65.4 Å². The number of fused-ring (bicyclic) bond motifs is 1. The summed E-state index contributed by atoms with van der Waals surface area (Å²) in [4.78, 5) is 0. The van der Waals surface area contributed by atoms with Crippen LogP contribution in [-0.4, -0.2) is 34.6 Å². The van der Waals surface area contributed by atoms with Crippen molar-refractivity contribution in [1.82, 2.24) is 4.57 Å². The molecule has 0 bridgehead atoms. The van der Waals surface area contributed by atoms with Crippen LogP contribution < -0.4 is 4.74 Å². The molecule has 2 atom stereocenters. The Hall–Kier alpha value is -2.30. The topological polar surface area (TPSA) is 54.6 Å². The average Bonchev–Trinajstić information content (AvgIpc) is 3.00. The maximum absolute atomic E-state index is 10.3. The molecule has 0 aliphatic heterocycles. The molecule has 22 heavy (non-hydrogen) atoms. The summed E-state index contributed by atoms with van der Waals surface area (Å²) in [6.45, 7) is -0.302. The summed E-state index contributed by atoms with van der Waals surface area (Å²) < 4.78 is 7.37. The summed E-state index contributed by atoms with van der Waals surface area (Å²) in [5.74, 6) is 0.793. The van der Waals surface area contributed by atoms with Gasteiger partial charge in [-0.2, -0.15) is 0 Å². The highest BCUT2D eigenvalue weighted by Crippen LogP contribution is 2.32. The van der Waals surface area contributed by atoms with Gasteiger partial charge in [-0.3, -0.25) is 0 Å². The Kier molecular flexibility index (Phi) is 4.13. The Morgan fingerprint density at radius 2 is 1.82 bits per heavy atom. The van der Waals surface area contributed by atoms with E-state index >= 15 is 0 Å². The first-order chi connectivity index (χ1) is 10.8. The molecule has 0 fully saturated rings. The summed E-state index contributed by atoms with van der Waals surface area (Å²) in [6, 6.07) is 17.1. The van der Waals surface area contributed by atoms with Crippen molar-refractivity contribution in [2.45, 2.75) is 12.1 Å². The zero-order chi connectivity index (χ0) is 15.5. The highest BCUT2D eigenvalue weighted by Gasteiger charge is 2.23. The molecule has 0 amide bonds. The minimum Gasteiger partial charge on any atom is -0.496 e. The third-order valence-electron chi connectivity index (χ3n) is 3.94. The Morgan fingerprint density at radius 1 is 1.05 bits per heavy atom. The van der Waals surface area contributed by atoms with Crippen LogP contribution in [0.15, 0.2) is 60.8 Å². The first-order valence-corrected chi connectivity index (χ1v) is 7.23. The van der Waals surface area contributed by atoms with Gasteiger partial charge in [0.1, 0.15) is 11.9 Å². The molecule has 3 rings (SSSR count). The molecule has 3 aromatic rings. The number of nitrogens with zero attached hydrogens (tertiary/aromatic N) is 1. The molecule has 4 heteroatoms. The number of benzene rings is 2.